The zero-order chi connectivity index (χ0) is 8.74. The number of rotatable bonds is 6. The van der Waals surface area contributed by atoms with E-state index in [1.807, 2.05) is 6.92 Å². The van der Waals surface area contributed by atoms with E-state index in [0.717, 1.165) is 17.2 Å². The maximum absolute atomic E-state index is 10.6. The third kappa shape index (κ3) is 10.3. The van der Waals surface area contributed by atoms with Crippen molar-refractivity contribution in [3.05, 3.63) is 0 Å². The Hall–Kier alpha value is 0.260. The number of hydrogen-bond donors (Lipinski definition) is 0. The third-order valence-electron chi connectivity index (χ3n) is 0.874. The van der Waals surface area contributed by atoms with Crippen molar-refractivity contribution in [3.63, 3.8) is 0 Å². The van der Waals surface area contributed by atoms with Gasteiger partial charge < -0.3 is 4.74 Å². The molecule has 0 aliphatic carbocycles. The van der Waals surface area contributed by atoms with Crippen LogP contribution in [0.15, 0.2) is 0 Å². The van der Waals surface area contributed by atoms with Crippen LogP contribution in [0.4, 0.5) is 0 Å². The average Bonchev–Trinajstić information content (AvgIpc) is 1.85. The van der Waals surface area contributed by atoms with Crippen LogP contribution >= 0.6 is 10.8 Å². The molecule has 0 saturated carbocycles. The van der Waals surface area contributed by atoms with Crippen molar-refractivity contribution in [3.8, 4) is 0 Å². The molecule has 68 valence electrons. The largest absolute Gasteiger partial charge is 0.381 e. The Morgan fingerprint density at radius 3 is 2.45 bits per heavy atom. The van der Waals surface area contributed by atoms with E-state index in [9.17, 15) is 8.42 Å². The van der Waals surface area contributed by atoms with Crippen LogP contribution in [0, 0.1) is 0 Å². The number of hydrogen-bond acceptors (Lipinski definition) is 4. The van der Waals surface area contributed by atoms with Gasteiger partial charge in [-0.3, -0.25) is 0 Å². The van der Waals surface area contributed by atoms with Crippen molar-refractivity contribution in [1.29, 1.82) is 0 Å². The van der Waals surface area contributed by atoms with Gasteiger partial charge in [-0.1, -0.05) is 6.92 Å². The van der Waals surface area contributed by atoms with Crippen LogP contribution in [0.2, 0.25) is 0 Å². The third-order valence-corrected chi connectivity index (χ3v) is 3.42. The van der Waals surface area contributed by atoms with E-state index in [-0.39, 0.29) is 0 Å². The summed E-state index contributed by atoms with van der Waals surface area (Å²) in [5, 5.41) is 0. The zero-order valence-electron chi connectivity index (χ0n) is 6.87. The molecule has 0 aromatic rings. The minimum Gasteiger partial charge on any atom is -0.381 e. The molecule has 0 heterocycles. The van der Waals surface area contributed by atoms with Gasteiger partial charge in [-0.25, -0.2) is 8.42 Å². The molecule has 0 bridgehead atoms. The molecule has 0 aromatic carbocycles. The van der Waals surface area contributed by atoms with E-state index in [2.05, 4.69) is 0 Å². The predicted molar refractivity (Wildman–Crippen MR) is 48.4 cm³/mol. The summed E-state index contributed by atoms with van der Waals surface area (Å²) in [6.07, 6.45) is 2.18. The van der Waals surface area contributed by atoms with Crippen molar-refractivity contribution < 1.29 is 13.2 Å². The Bertz CT molecular complexity index is 174. The quantitative estimate of drug-likeness (QED) is 0.473. The highest BCUT2D eigenvalue weighted by Gasteiger charge is 2.00. The van der Waals surface area contributed by atoms with E-state index in [1.54, 1.807) is 0 Å². The second-order valence-corrected chi connectivity index (χ2v) is 6.71. The monoisotopic (exact) mass is 198 g/mol. The minimum atomic E-state index is -2.87. The van der Waals surface area contributed by atoms with Gasteiger partial charge in [-0.05, 0) is 17.2 Å². The minimum absolute atomic E-state index is 0.519. The van der Waals surface area contributed by atoms with E-state index in [4.69, 9.17) is 4.74 Å². The first-order chi connectivity index (χ1) is 5.06. The van der Waals surface area contributed by atoms with Gasteiger partial charge in [0.1, 0.15) is 0 Å². The topological polar surface area (TPSA) is 43.4 Å². The molecule has 0 rings (SSSR count). The Labute approximate surface area is 71.8 Å². The number of ether oxygens (including phenoxy) is 1. The van der Waals surface area contributed by atoms with Gasteiger partial charge in [0.2, 0.25) is 0 Å². The summed E-state index contributed by atoms with van der Waals surface area (Å²) in [6, 6.07) is 0. The molecule has 5 heteroatoms. The molecular weight excluding hydrogens is 184 g/mol. The lowest BCUT2D eigenvalue weighted by molar-refractivity contribution is 0.151. The van der Waals surface area contributed by atoms with Gasteiger partial charge in [0, 0.05) is 18.6 Å². The standard InChI is InChI=1S/C6H14O3S2/c1-3-4-9-5-6-10-11(2,7)8/h3-6H2,1-2H3. The first kappa shape index (κ1) is 11.3. The van der Waals surface area contributed by atoms with Crippen LogP contribution < -0.4 is 0 Å². The van der Waals surface area contributed by atoms with Crippen LogP contribution in [0.25, 0.3) is 0 Å². The fourth-order valence-corrected chi connectivity index (χ4v) is 2.09. The first-order valence-electron chi connectivity index (χ1n) is 3.48. The Morgan fingerprint density at radius 2 is 2.00 bits per heavy atom. The molecule has 0 N–H and O–H groups in total. The molecule has 0 aliphatic rings. The molecular formula is C6H14O3S2. The molecule has 0 atom stereocenters. The molecule has 0 aromatic heterocycles. The van der Waals surface area contributed by atoms with Gasteiger partial charge in [-0.2, -0.15) is 0 Å². The molecule has 0 radical (unpaired) electrons. The molecule has 0 spiro atoms. The summed E-state index contributed by atoms with van der Waals surface area (Å²) < 4.78 is 26.2. The van der Waals surface area contributed by atoms with Crippen molar-refractivity contribution in [2.75, 3.05) is 25.2 Å². The van der Waals surface area contributed by atoms with Gasteiger partial charge in [0.05, 0.1) is 6.61 Å². The summed E-state index contributed by atoms with van der Waals surface area (Å²) in [7, 11) is -1.94. The van der Waals surface area contributed by atoms with Gasteiger partial charge >= 0.3 is 0 Å². The Balaban J connectivity index is 3.16. The molecule has 0 fully saturated rings. The lowest BCUT2D eigenvalue weighted by Gasteiger charge is -1.99. The summed E-state index contributed by atoms with van der Waals surface area (Å²) in [5.74, 6) is 0.527. The lowest BCUT2D eigenvalue weighted by atomic mass is 10.5. The van der Waals surface area contributed by atoms with Crippen molar-refractivity contribution >= 4 is 19.7 Å². The normalized spacial score (nSPS) is 11.8. The van der Waals surface area contributed by atoms with Crippen LogP contribution in [-0.2, 0) is 13.6 Å². The fourth-order valence-electron chi connectivity index (χ4n) is 0.491. The zero-order valence-corrected chi connectivity index (χ0v) is 8.50. The van der Waals surface area contributed by atoms with Crippen molar-refractivity contribution in [2.24, 2.45) is 0 Å². The Morgan fingerprint density at radius 1 is 1.36 bits per heavy atom. The average molecular weight is 198 g/mol. The van der Waals surface area contributed by atoms with Crippen molar-refractivity contribution in [2.45, 2.75) is 13.3 Å². The van der Waals surface area contributed by atoms with Gasteiger partial charge in [-0.15, -0.1) is 0 Å². The lowest BCUT2D eigenvalue weighted by Crippen LogP contribution is -2.00. The molecule has 0 unspecified atom stereocenters. The Kier molecular flexibility index (Phi) is 5.99. The summed E-state index contributed by atoms with van der Waals surface area (Å²) in [6.45, 7) is 3.25. The fraction of sp³-hybridized carbons (Fsp3) is 1.00. The predicted octanol–water partition coefficient (Wildman–Crippen LogP) is 1.11. The molecule has 0 amide bonds. The second kappa shape index (κ2) is 5.85. The highest BCUT2D eigenvalue weighted by Crippen LogP contribution is 2.08. The molecule has 0 aliphatic heterocycles. The van der Waals surface area contributed by atoms with E-state index < -0.39 is 8.87 Å². The van der Waals surface area contributed by atoms with E-state index >= 15 is 0 Å². The molecule has 3 nitrogen and oxygen atoms in total. The highest BCUT2D eigenvalue weighted by atomic mass is 33.1. The smallest absolute Gasteiger partial charge is 0.198 e. The van der Waals surface area contributed by atoms with Gasteiger partial charge in [0.25, 0.3) is 0 Å². The maximum Gasteiger partial charge on any atom is 0.198 e. The molecule has 11 heavy (non-hydrogen) atoms. The van der Waals surface area contributed by atoms with Crippen LogP contribution in [0.3, 0.4) is 0 Å². The maximum atomic E-state index is 10.6. The van der Waals surface area contributed by atoms with E-state index in [1.165, 1.54) is 6.26 Å². The summed E-state index contributed by atoms with van der Waals surface area (Å²) in [4.78, 5) is 0. The van der Waals surface area contributed by atoms with Crippen LogP contribution in [0.5, 0.6) is 0 Å². The SMILES string of the molecule is CCCOCCSS(C)(=O)=O. The van der Waals surface area contributed by atoms with Gasteiger partial charge in [0.15, 0.2) is 8.87 Å². The highest BCUT2D eigenvalue weighted by molar-refractivity contribution is 8.71. The second-order valence-electron chi connectivity index (χ2n) is 2.14. The molecule has 0 saturated heterocycles. The summed E-state index contributed by atoms with van der Waals surface area (Å²) >= 11 is 0. The van der Waals surface area contributed by atoms with Crippen LogP contribution in [0.1, 0.15) is 13.3 Å². The van der Waals surface area contributed by atoms with Crippen LogP contribution in [-0.4, -0.2) is 33.6 Å². The van der Waals surface area contributed by atoms with E-state index in [0.29, 0.717) is 19.0 Å². The summed E-state index contributed by atoms with van der Waals surface area (Å²) in [5.41, 5.74) is 0. The van der Waals surface area contributed by atoms with Crippen molar-refractivity contribution in [1.82, 2.24) is 0 Å². The first-order valence-corrected chi connectivity index (χ1v) is 6.88.